The zero-order chi connectivity index (χ0) is 31.0. The number of nitrogens with one attached hydrogen (secondary N) is 2. The molecule has 6 rings (SSSR count). The fourth-order valence-corrected chi connectivity index (χ4v) is 7.82. The van der Waals surface area contributed by atoms with Gasteiger partial charge in [-0.2, -0.15) is 0 Å². The summed E-state index contributed by atoms with van der Waals surface area (Å²) in [7, 11) is 0. The number of carbonyl (C=O) groups excluding carboxylic acids is 4. The highest BCUT2D eigenvalue weighted by molar-refractivity contribution is 8.00. The molecule has 4 aromatic rings. The summed E-state index contributed by atoms with van der Waals surface area (Å²) >= 11 is 2.08. The summed E-state index contributed by atoms with van der Waals surface area (Å²) in [6.07, 6.45) is 0. The summed E-state index contributed by atoms with van der Waals surface area (Å²) in [6.45, 7) is 1.58. The Morgan fingerprint density at radius 3 is 2.43 bits per heavy atom. The van der Waals surface area contributed by atoms with Gasteiger partial charge in [0.15, 0.2) is 6.61 Å². The summed E-state index contributed by atoms with van der Waals surface area (Å²) in [5.41, 5.74) is 1.59. The van der Waals surface area contributed by atoms with Crippen molar-refractivity contribution in [2.75, 3.05) is 23.4 Å². The van der Waals surface area contributed by atoms with E-state index in [9.17, 15) is 28.4 Å². The zero-order valence-corrected chi connectivity index (χ0v) is 24.7. The number of para-hydroxylation sites is 1. The van der Waals surface area contributed by atoms with Gasteiger partial charge in [0, 0.05) is 22.0 Å². The smallest absolute Gasteiger partial charge is 0.338 e. The largest absolute Gasteiger partial charge is 0.483 e. The first-order chi connectivity index (χ1) is 21.2. The lowest BCUT2D eigenvalue weighted by Crippen LogP contribution is -2.32. The average Bonchev–Trinajstić information content (AvgIpc) is 3.51. The fraction of sp³-hybridized carbons (Fsp3) is 0.194. The first-order valence-electron chi connectivity index (χ1n) is 13.6. The molecule has 2 unspecified atom stereocenters. The molecule has 2 aliphatic rings. The van der Waals surface area contributed by atoms with Gasteiger partial charge in [-0.25, -0.2) is 14.1 Å². The lowest BCUT2D eigenvalue weighted by atomic mass is 9.82. The van der Waals surface area contributed by atoms with E-state index in [1.165, 1.54) is 36.4 Å². The number of halogens is 1. The number of hydrogen-bond donors (Lipinski definition) is 2. The van der Waals surface area contributed by atoms with Crippen LogP contribution in [0.15, 0.2) is 82.6 Å². The van der Waals surface area contributed by atoms with Crippen molar-refractivity contribution in [3.05, 3.63) is 104 Å². The second kappa shape index (κ2) is 12.1. The third kappa shape index (κ3) is 5.51. The molecule has 1 aromatic heterocycles. The highest BCUT2D eigenvalue weighted by Crippen LogP contribution is 2.54. The Labute approximate surface area is 258 Å². The van der Waals surface area contributed by atoms with Gasteiger partial charge in [-0.15, -0.1) is 0 Å². The zero-order valence-electron chi connectivity index (χ0n) is 23.1. The van der Waals surface area contributed by atoms with E-state index in [1.54, 1.807) is 43.3 Å². The standard InChI is InChI=1S/C31H24FN3O7S2/c1-2-41-30(39)16-7-11-18(12-8-16)33-22(36)15-42-21-6-4-3-5-20(21)23-24-26(43-27-25(23)44-31(40)34-27)29(38)35(28(24)37)19-13-9-17(32)10-14-19/h3-14,23-24,26H,2,15H2,1H3,(H,33,36)(H,34,40)/t23-,24?,26?/m1/s1. The summed E-state index contributed by atoms with van der Waals surface area (Å²) in [6, 6.07) is 18.2. The van der Waals surface area contributed by atoms with Crippen molar-refractivity contribution in [2.45, 2.75) is 23.1 Å². The van der Waals surface area contributed by atoms with Crippen molar-refractivity contribution >= 4 is 58.2 Å². The third-order valence-electron chi connectivity index (χ3n) is 7.20. The van der Waals surface area contributed by atoms with Crippen LogP contribution >= 0.6 is 23.1 Å². The van der Waals surface area contributed by atoms with Crippen molar-refractivity contribution < 1.29 is 33.0 Å². The number of carbonyl (C=O) groups is 4. The number of imide groups is 1. The van der Waals surface area contributed by atoms with Gasteiger partial charge < -0.3 is 19.8 Å². The summed E-state index contributed by atoms with van der Waals surface area (Å²) in [5.74, 6) is -3.68. The molecule has 0 saturated carbocycles. The Balaban J connectivity index is 1.26. The summed E-state index contributed by atoms with van der Waals surface area (Å²) in [4.78, 5) is 68.7. The van der Waals surface area contributed by atoms with Crippen LogP contribution < -0.4 is 19.8 Å². The van der Waals surface area contributed by atoms with E-state index in [2.05, 4.69) is 10.3 Å². The van der Waals surface area contributed by atoms with Gasteiger partial charge in [-0.1, -0.05) is 41.3 Å². The SMILES string of the molecule is CCOC(=O)c1ccc(NC(=O)COc2ccccc2[C@H]2c3sc(=O)[nH]c3SC3C(=O)N(c4ccc(F)cc4)C(=O)C32)cc1. The van der Waals surface area contributed by atoms with Crippen molar-refractivity contribution in [2.24, 2.45) is 5.92 Å². The van der Waals surface area contributed by atoms with E-state index in [1.807, 2.05) is 0 Å². The topological polar surface area (TPSA) is 135 Å². The van der Waals surface area contributed by atoms with Gasteiger partial charge in [0.05, 0.1) is 28.8 Å². The highest BCUT2D eigenvalue weighted by Gasteiger charge is 2.56. The van der Waals surface area contributed by atoms with Crippen LogP contribution in [0, 0.1) is 11.7 Å². The number of hydrogen-bond acceptors (Lipinski definition) is 9. The Hall–Kier alpha value is -4.75. The van der Waals surface area contributed by atoms with Gasteiger partial charge in [-0.05, 0) is 61.5 Å². The number of amides is 3. The monoisotopic (exact) mass is 633 g/mol. The number of anilines is 2. The molecule has 1 fully saturated rings. The molecule has 10 nitrogen and oxygen atoms in total. The Morgan fingerprint density at radius 2 is 1.70 bits per heavy atom. The number of H-pyrrole nitrogens is 1. The molecule has 2 N–H and O–H groups in total. The maximum absolute atomic E-state index is 13.9. The molecular weight excluding hydrogens is 609 g/mol. The maximum Gasteiger partial charge on any atom is 0.338 e. The molecule has 0 radical (unpaired) electrons. The highest BCUT2D eigenvalue weighted by atomic mass is 32.2. The number of aromatic nitrogens is 1. The van der Waals surface area contributed by atoms with Crippen LogP contribution in [0.5, 0.6) is 5.75 Å². The van der Waals surface area contributed by atoms with Crippen molar-refractivity contribution in [3.8, 4) is 5.75 Å². The molecule has 2 aliphatic heterocycles. The van der Waals surface area contributed by atoms with Crippen LogP contribution in [0.2, 0.25) is 0 Å². The Morgan fingerprint density at radius 1 is 0.977 bits per heavy atom. The number of fused-ring (bicyclic) bond motifs is 2. The van der Waals surface area contributed by atoms with E-state index in [0.717, 1.165) is 28.0 Å². The molecule has 13 heteroatoms. The van der Waals surface area contributed by atoms with Crippen LogP contribution in [0.4, 0.5) is 15.8 Å². The normalized spacial score (nSPS) is 18.9. The first-order valence-corrected chi connectivity index (χ1v) is 15.3. The van der Waals surface area contributed by atoms with E-state index < -0.39 is 46.6 Å². The number of ether oxygens (including phenoxy) is 2. The van der Waals surface area contributed by atoms with Crippen LogP contribution in [0.3, 0.4) is 0 Å². The molecular formula is C31H24FN3O7S2. The fourth-order valence-electron chi connectivity index (χ4n) is 5.31. The van der Waals surface area contributed by atoms with Crippen LogP contribution in [-0.2, 0) is 19.1 Å². The lowest BCUT2D eigenvalue weighted by molar-refractivity contribution is -0.122. The first kappa shape index (κ1) is 29.3. The molecule has 3 aromatic carbocycles. The van der Waals surface area contributed by atoms with Crippen molar-refractivity contribution in [1.82, 2.24) is 4.98 Å². The number of thiazole rings is 1. The molecule has 44 heavy (non-hydrogen) atoms. The van der Waals surface area contributed by atoms with Crippen LogP contribution in [-0.4, -0.2) is 47.1 Å². The average molecular weight is 634 g/mol. The second-order valence-corrected chi connectivity index (χ2v) is 12.1. The van der Waals surface area contributed by atoms with Gasteiger partial charge in [0.2, 0.25) is 11.8 Å². The molecule has 224 valence electrons. The van der Waals surface area contributed by atoms with Crippen LogP contribution in [0.1, 0.15) is 33.6 Å². The Kier molecular flexibility index (Phi) is 8.06. The Bertz CT molecular complexity index is 1820. The van der Waals surface area contributed by atoms with E-state index >= 15 is 0 Å². The maximum atomic E-state index is 13.9. The van der Waals surface area contributed by atoms with Crippen LogP contribution in [0.25, 0.3) is 0 Å². The van der Waals surface area contributed by atoms with Gasteiger partial charge in [0.1, 0.15) is 16.8 Å². The van der Waals surface area contributed by atoms with Crippen molar-refractivity contribution in [1.29, 1.82) is 0 Å². The predicted molar refractivity (Wildman–Crippen MR) is 162 cm³/mol. The minimum Gasteiger partial charge on any atom is -0.483 e. The number of thioether (sulfide) groups is 1. The second-order valence-electron chi connectivity index (χ2n) is 9.91. The lowest BCUT2D eigenvalue weighted by Gasteiger charge is -2.30. The number of esters is 1. The molecule has 1 saturated heterocycles. The molecule has 0 aliphatic carbocycles. The van der Waals surface area contributed by atoms with E-state index in [0.29, 0.717) is 32.5 Å². The number of rotatable bonds is 8. The number of nitrogens with zero attached hydrogens (tertiary/aromatic N) is 1. The molecule has 0 spiro atoms. The third-order valence-corrected chi connectivity index (χ3v) is 9.60. The van der Waals surface area contributed by atoms with Gasteiger partial charge in [-0.3, -0.25) is 19.2 Å². The summed E-state index contributed by atoms with van der Waals surface area (Å²) in [5, 5.41) is 2.36. The minimum absolute atomic E-state index is 0.248. The minimum atomic E-state index is -0.881. The number of aromatic amines is 1. The van der Waals surface area contributed by atoms with Crippen molar-refractivity contribution in [3.63, 3.8) is 0 Å². The molecule has 3 atom stereocenters. The molecule has 3 amide bonds. The van der Waals surface area contributed by atoms with E-state index in [4.69, 9.17) is 9.47 Å². The van der Waals surface area contributed by atoms with Gasteiger partial charge >= 0.3 is 10.8 Å². The number of benzene rings is 3. The van der Waals surface area contributed by atoms with Gasteiger partial charge in [0.25, 0.3) is 5.91 Å². The molecule has 0 bridgehead atoms. The predicted octanol–water partition coefficient (Wildman–Crippen LogP) is 4.57. The molecule has 3 heterocycles. The van der Waals surface area contributed by atoms with E-state index in [-0.39, 0.29) is 23.8 Å². The quantitative estimate of drug-likeness (QED) is 0.213. The summed E-state index contributed by atoms with van der Waals surface area (Å²) < 4.78 is 24.5.